The first-order chi connectivity index (χ1) is 7.35. The third kappa shape index (κ3) is 2.13. The summed E-state index contributed by atoms with van der Waals surface area (Å²) in [4.78, 5) is 0. The lowest BCUT2D eigenvalue weighted by atomic mass is 10.0. The van der Waals surface area contributed by atoms with Gasteiger partial charge in [-0.25, -0.2) is 0 Å². The van der Waals surface area contributed by atoms with E-state index < -0.39 is 0 Å². The lowest BCUT2D eigenvalue weighted by Gasteiger charge is -2.27. The second kappa shape index (κ2) is 4.64. The predicted molar refractivity (Wildman–Crippen MR) is 56.7 cm³/mol. The van der Waals surface area contributed by atoms with Crippen LogP contribution in [0.25, 0.3) is 0 Å². The molecule has 0 radical (unpaired) electrons. The maximum atomic E-state index is 9.19. The predicted octanol–water partition coefficient (Wildman–Crippen LogP) is 1.87. The monoisotopic (exact) mass is 208 g/mol. The van der Waals surface area contributed by atoms with E-state index in [0.717, 1.165) is 29.7 Å². The fourth-order valence-corrected chi connectivity index (χ4v) is 1.88. The van der Waals surface area contributed by atoms with Gasteiger partial charge < -0.3 is 14.6 Å². The first-order valence-corrected chi connectivity index (χ1v) is 5.35. The zero-order valence-electron chi connectivity index (χ0n) is 8.90. The Morgan fingerprint density at radius 2 is 2.40 bits per heavy atom. The van der Waals surface area contributed by atoms with E-state index in [1.54, 1.807) is 0 Å². The van der Waals surface area contributed by atoms with Crippen molar-refractivity contribution >= 4 is 0 Å². The molecule has 1 aromatic carbocycles. The van der Waals surface area contributed by atoms with Gasteiger partial charge in [-0.05, 0) is 18.9 Å². The number of para-hydroxylation sites is 1. The summed E-state index contributed by atoms with van der Waals surface area (Å²) in [5.41, 5.74) is 2.01. The largest absolute Gasteiger partial charge is 0.464 e. The van der Waals surface area contributed by atoms with E-state index in [1.807, 2.05) is 25.1 Å². The Morgan fingerprint density at radius 3 is 3.13 bits per heavy atom. The quantitative estimate of drug-likeness (QED) is 0.824. The number of aliphatic hydroxyl groups excluding tert-OH is 1. The highest BCUT2D eigenvalue weighted by Crippen LogP contribution is 2.31. The minimum absolute atomic E-state index is 0.0159. The summed E-state index contributed by atoms with van der Waals surface area (Å²) in [6, 6.07) is 5.87. The first kappa shape index (κ1) is 10.5. The zero-order valence-corrected chi connectivity index (χ0v) is 8.90. The molecule has 0 aromatic heterocycles. The van der Waals surface area contributed by atoms with Gasteiger partial charge in [0.1, 0.15) is 5.75 Å². The van der Waals surface area contributed by atoms with Crippen LogP contribution in [-0.2, 0) is 17.8 Å². The number of ether oxygens (including phenoxy) is 2. The van der Waals surface area contributed by atoms with Gasteiger partial charge in [-0.2, -0.15) is 0 Å². The molecule has 1 aliphatic rings. The van der Waals surface area contributed by atoms with E-state index in [1.165, 1.54) is 0 Å². The van der Waals surface area contributed by atoms with E-state index >= 15 is 0 Å². The van der Waals surface area contributed by atoms with Crippen molar-refractivity contribution in [1.29, 1.82) is 0 Å². The number of benzene rings is 1. The number of fused-ring (bicyclic) bond motifs is 1. The summed E-state index contributed by atoms with van der Waals surface area (Å²) in [6.45, 7) is 2.63. The summed E-state index contributed by atoms with van der Waals surface area (Å²) in [7, 11) is 0. The molecular weight excluding hydrogens is 192 g/mol. The van der Waals surface area contributed by atoms with Gasteiger partial charge in [-0.1, -0.05) is 18.2 Å². The van der Waals surface area contributed by atoms with Crippen LogP contribution in [0, 0.1) is 0 Å². The zero-order chi connectivity index (χ0) is 10.7. The molecule has 1 unspecified atom stereocenters. The summed E-state index contributed by atoms with van der Waals surface area (Å²) in [5.74, 6) is 0.810. The lowest BCUT2D eigenvalue weighted by Crippen LogP contribution is -2.26. The summed E-state index contributed by atoms with van der Waals surface area (Å²) in [5, 5.41) is 9.19. The molecule has 3 nitrogen and oxygen atoms in total. The highest BCUT2D eigenvalue weighted by atomic mass is 16.7. The fourth-order valence-electron chi connectivity index (χ4n) is 1.88. The van der Waals surface area contributed by atoms with Crippen molar-refractivity contribution < 1.29 is 14.6 Å². The highest BCUT2D eigenvalue weighted by Gasteiger charge is 2.21. The highest BCUT2D eigenvalue weighted by molar-refractivity contribution is 5.42. The normalized spacial score (nSPS) is 19.5. The molecule has 1 N–H and O–H groups in total. The standard InChI is InChI=1S/C12H16O3/c1-2-14-11-7-6-9-4-3-5-10(8-13)12(9)15-11/h3-5,11,13H,2,6-8H2,1H3. The Morgan fingerprint density at radius 1 is 1.53 bits per heavy atom. The molecule has 82 valence electrons. The van der Waals surface area contributed by atoms with Crippen LogP contribution in [0.5, 0.6) is 5.75 Å². The molecule has 1 heterocycles. The molecule has 0 aliphatic carbocycles. The van der Waals surface area contributed by atoms with Gasteiger partial charge in [0.25, 0.3) is 0 Å². The van der Waals surface area contributed by atoms with Crippen molar-refractivity contribution in [1.82, 2.24) is 0 Å². The van der Waals surface area contributed by atoms with Crippen molar-refractivity contribution in [3.05, 3.63) is 29.3 Å². The molecule has 0 saturated heterocycles. The second-order valence-corrected chi connectivity index (χ2v) is 3.60. The van der Waals surface area contributed by atoms with Gasteiger partial charge in [-0.3, -0.25) is 0 Å². The van der Waals surface area contributed by atoms with Gasteiger partial charge in [0, 0.05) is 18.6 Å². The molecule has 0 fully saturated rings. The average Bonchev–Trinajstić information content (AvgIpc) is 2.28. The molecular formula is C12H16O3. The van der Waals surface area contributed by atoms with Gasteiger partial charge in [-0.15, -0.1) is 0 Å². The molecule has 15 heavy (non-hydrogen) atoms. The number of aryl methyl sites for hydroxylation is 1. The lowest BCUT2D eigenvalue weighted by molar-refractivity contribution is -0.0869. The second-order valence-electron chi connectivity index (χ2n) is 3.60. The maximum absolute atomic E-state index is 9.19. The molecule has 1 atom stereocenters. The van der Waals surface area contributed by atoms with Gasteiger partial charge in [0.05, 0.1) is 6.61 Å². The van der Waals surface area contributed by atoms with E-state index in [9.17, 15) is 5.11 Å². The van der Waals surface area contributed by atoms with Crippen LogP contribution in [0.1, 0.15) is 24.5 Å². The molecule has 0 amide bonds. The molecule has 1 aliphatic heterocycles. The third-order valence-corrected chi connectivity index (χ3v) is 2.60. The van der Waals surface area contributed by atoms with Crippen LogP contribution in [-0.4, -0.2) is 18.0 Å². The molecule has 2 rings (SSSR count). The Kier molecular flexibility index (Phi) is 3.23. The van der Waals surface area contributed by atoms with E-state index in [0.29, 0.717) is 6.61 Å². The molecule has 3 heteroatoms. The Bertz CT molecular complexity index is 321. The van der Waals surface area contributed by atoms with Crippen LogP contribution in [0.4, 0.5) is 0 Å². The molecule has 0 spiro atoms. The Balaban J connectivity index is 2.22. The van der Waals surface area contributed by atoms with E-state index in [-0.39, 0.29) is 12.9 Å². The van der Waals surface area contributed by atoms with Crippen molar-refractivity contribution in [2.45, 2.75) is 32.7 Å². The van der Waals surface area contributed by atoms with Gasteiger partial charge in [0.15, 0.2) is 6.29 Å². The van der Waals surface area contributed by atoms with Crippen LogP contribution >= 0.6 is 0 Å². The van der Waals surface area contributed by atoms with Crippen molar-refractivity contribution in [3.8, 4) is 5.75 Å². The van der Waals surface area contributed by atoms with E-state index in [2.05, 4.69) is 0 Å². The minimum Gasteiger partial charge on any atom is -0.464 e. The summed E-state index contributed by atoms with van der Waals surface area (Å²) in [6.07, 6.45) is 1.68. The average molecular weight is 208 g/mol. The number of aliphatic hydroxyl groups is 1. The van der Waals surface area contributed by atoms with Crippen molar-refractivity contribution in [2.75, 3.05) is 6.61 Å². The first-order valence-electron chi connectivity index (χ1n) is 5.35. The third-order valence-electron chi connectivity index (χ3n) is 2.60. The summed E-state index contributed by atoms with van der Waals surface area (Å²) < 4.78 is 11.1. The van der Waals surface area contributed by atoms with Crippen LogP contribution in [0.3, 0.4) is 0 Å². The van der Waals surface area contributed by atoms with Gasteiger partial charge in [0.2, 0.25) is 0 Å². The van der Waals surface area contributed by atoms with Crippen LogP contribution < -0.4 is 4.74 Å². The SMILES string of the molecule is CCOC1CCc2cccc(CO)c2O1. The summed E-state index contributed by atoms with van der Waals surface area (Å²) >= 11 is 0. The molecule has 0 bridgehead atoms. The maximum Gasteiger partial charge on any atom is 0.200 e. The Hall–Kier alpha value is -1.06. The fraction of sp³-hybridized carbons (Fsp3) is 0.500. The molecule has 0 saturated carbocycles. The minimum atomic E-state index is -0.157. The Labute approximate surface area is 89.6 Å². The molecule has 1 aromatic rings. The van der Waals surface area contributed by atoms with Gasteiger partial charge >= 0.3 is 0 Å². The smallest absolute Gasteiger partial charge is 0.200 e. The van der Waals surface area contributed by atoms with E-state index in [4.69, 9.17) is 9.47 Å². The van der Waals surface area contributed by atoms with Crippen molar-refractivity contribution in [2.24, 2.45) is 0 Å². The van der Waals surface area contributed by atoms with Crippen LogP contribution in [0.2, 0.25) is 0 Å². The van der Waals surface area contributed by atoms with Crippen LogP contribution in [0.15, 0.2) is 18.2 Å². The topological polar surface area (TPSA) is 38.7 Å². The number of hydrogen-bond acceptors (Lipinski definition) is 3. The van der Waals surface area contributed by atoms with Crippen molar-refractivity contribution in [3.63, 3.8) is 0 Å². The number of hydrogen-bond donors (Lipinski definition) is 1. The number of rotatable bonds is 3.